The number of piperidine rings is 1. The molecule has 3 N–H and O–H groups in total. The van der Waals surface area contributed by atoms with Gasteiger partial charge in [0.05, 0.1) is 31.3 Å². The molecule has 0 atom stereocenters. The molecule has 1 amide bonds. The molecule has 6 heteroatoms. The highest BCUT2D eigenvalue weighted by atomic mass is 16.5. The number of carbonyl (C=O) groups is 1. The number of quaternary nitrogens is 1. The second kappa shape index (κ2) is 8.17. The van der Waals surface area contributed by atoms with E-state index in [0.717, 1.165) is 24.4 Å². The summed E-state index contributed by atoms with van der Waals surface area (Å²) in [5.41, 5.74) is 2.58. The number of benzene rings is 2. The van der Waals surface area contributed by atoms with E-state index in [1.165, 1.54) is 24.2 Å². The van der Waals surface area contributed by atoms with E-state index >= 15 is 0 Å². The van der Waals surface area contributed by atoms with E-state index in [2.05, 4.69) is 5.32 Å². The molecule has 0 radical (unpaired) electrons. The van der Waals surface area contributed by atoms with Crippen molar-refractivity contribution in [1.29, 1.82) is 0 Å². The van der Waals surface area contributed by atoms with Gasteiger partial charge in [0.2, 0.25) is 0 Å². The standard InChI is InChI=1S/C23H26N2O4/c1-15-21(23(27)24-16-6-8-17(28-2)9-7-16)22-18(14-25-12-4-3-5-13-25)19(26)10-11-20(22)29-15/h6-11,26H,3-5,12-14H2,1-2H3,(H,24,27)/p+1. The number of likely N-dealkylation sites (tertiary alicyclic amines) is 1. The van der Waals surface area contributed by atoms with Gasteiger partial charge in [0.15, 0.2) is 0 Å². The minimum atomic E-state index is -0.244. The fraction of sp³-hybridized carbons (Fsp3) is 0.348. The van der Waals surface area contributed by atoms with Crippen molar-refractivity contribution in [2.24, 2.45) is 0 Å². The van der Waals surface area contributed by atoms with Gasteiger partial charge in [0.25, 0.3) is 5.91 Å². The molecule has 0 spiro atoms. The third kappa shape index (κ3) is 3.93. The predicted molar refractivity (Wildman–Crippen MR) is 112 cm³/mol. The maximum absolute atomic E-state index is 13.1. The molecule has 2 aromatic carbocycles. The summed E-state index contributed by atoms with van der Waals surface area (Å²) in [6.45, 7) is 4.64. The molecule has 0 unspecified atom stereocenters. The quantitative estimate of drug-likeness (QED) is 0.620. The first-order chi connectivity index (χ1) is 14.1. The molecule has 6 nitrogen and oxygen atoms in total. The average molecular weight is 395 g/mol. The number of nitrogens with one attached hydrogen (secondary N) is 2. The number of furan rings is 1. The third-order valence-corrected chi connectivity index (χ3v) is 5.68. The summed E-state index contributed by atoms with van der Waals surface area (Å²) in [5.74, 6) is 1.25. The maximum atomic E-state index is 13.1. The maximum Gasteiger partial charge on any atom is 0.259 e. The summed E-state index contributed by atoms with van der Waals surface area (Å²) in [6.07, 6.45) is 3.66. The average Bonchev–Trinajstić information content (AvgIpc) is 3.08. The molecule has 1 aliphatic rings. The van der Waals surface area contributed by atoms with Crippen LogP contribution in [-0.2, 0) is 6.54 Å². The first-order valence-corrected chi connectivity index (χ1v) is 10.1. The Morgan fingerprint density at radius 2 is 1.86 bits per heavy atom. The van der Waals surface area contributed by atoms with E-state index in [-0.39, 0.29) is 11.7 Å². The van der Waals surface area contributed by atoms with Gasteiger partial charge in [0.1, 0.15) is 29.4 Å². The van der Waals surface area contributed by atoms with Crippen molar-refractivity contribution in [2.75, 3.05) is 25.5 Å². The number of fused-ring (bicyclic) bond motifs is 1. The van der Waals surface area contributed by atoms with Crippen LogP contribution in [0.1, 0.15) is 40.9 Å². The van der Waals surface area contributed by atoms with Gasteiger partial charge in [-0.25, -0.2) is 0 Å². The number of hydrogen-bond acceptors (Lipinski definition) is 4. The number of phenolic OH excluding ortho intramolecular Hbond substituents is 1. The topological polar surface area (TPSA) is 76.1 Å². The van der Waals surface area contributed by atoms with Crippen molar-refractivity contribution < 1.29 is 24.0 Å². The van der Waals surface area contributed by atoms with E-state index in [1.807, 2.05) is 0 Å². The molecule has 1 aliphatic heterocycles. The summed E-state index contributed by atoms with van der Waals surface area (Å²) >= 11 is 0. The van der Waals surface area contributed by atoms with Crippen molar-refractivity contribution in [2.45, 2.75) is 32.7 Å². The second-order valence-electron chi connectivity index (χ2n) is 7.64. The van der Waals surface area contributed by atoms with E-state index < -0.39 is 0 Å². The Morgan fingerprint density at radius 1 is 1.14 bits per heavy atom. The molecule has 4 rings (SSSR count). The molecular formula is C23H27N2O4+. The van der Waals surface area contributed by atoms with Gasteiger partial charge in [-0.15, -0.1) is 0 Å². The Balaban J connectivity index is 1.69. The van der Waals surface area contributed by atoms with E-state index in [0.29, 0.717) is 34.5 Å². The van der Waals surface area contributed by atoms with E-state index in [4.69, 9.17) is 9.15 Å². The summed E-state index contributed by atoms with van der Waals surface area (Å²) in [7, 11) is 1.60. The molecule has 1 fully saturated rings. The number of methoxy groups -OCH3 is 1. The number of rotatable bonds is 5. The van der Waals surface area contributed by atoms with Gasteiger partial charge < -0.3 is 24.5 Å². The van der Waals surface area contributed by atoms with Crippen molar-refractivity contribution in [3.05, 3.63) is 53.3 Å². The number of ether oxygens (including phenoxy) is 1. The SMILES string of the molecule is COc1ccc(NC(=O)c2c(C)oc3ccc(O)c(C[NH+]4CCCCC4)c23)cc1. The van der Waals surface area contributed by atoms with Gasteiger partial charge in [-0.3, -0.25) is 4.79 Å². The highest BCUT2D eigenvalue weighted by Gasteiger charge is 2.25. The summed E-state index contributed by atoms with van der Waals surface area (Å²) in [6, 6.07) is 10.6. The molecule has 1 saturated heterocycles. The Hall–Kier alpha value is -2.99. The lowest BCUT2D eigenvalue weighted by molar-refractivity contribution is -0.918. The van der Waals surface area contributed by atoms with Crippen LogP contribution in [0.25, 0.3) is 11.0 Å². The van der Waals surface area contributed by atoms with Crippen molar-refractivity contribution in [3.63, 3.8) is 0 Å². The van der Waals surface area contributed by atoms with Crippen LogP contribution < -0.4 is 15.0 Å². The van der Waals surface area contributed by atoms with Crippen LogP contribution in [-0.4, -0.2) is 31.2 Å². The molecule has 152 valence electrons. The molecule has 29 heavy (non-hydrogen) atoms. The van der Waals surface area contributed by atoms with Crippen molar-refractivity contribution in [1.82, 2.24) is 0 Å². The second-order valence-corrected chi connectivity index (χ2v) is 7.64. The number of aryl methyl sites for hydroxylation is 1. The highest BCUT2D eigenvalue weighted by Crippen LogP contribution is 2.34. The zero-order valence-electron chi connectivity index (χ0n) is 16.9. The molecule has 1 aromatic heterocycles. The molecule has 0 aliphatic carbocycles. The predicted octanol–water partition coefficient (Wildman–Crippen LogP) is 3.28. The Labute approximate surface area is 170 Å². The minimum Gasteiger partial charge on any atom is -0.507 e. The van der Waals surface area contributed by atoms with Crippen LogP contribution in [0.15, 0.2) is 40.8 Å². The summed E-state index contributed by atoms with van der Waals surface area (Å²) in [4.78, 5) is 14.6. The molecule has 0 saturated carbocycles. The number of carbonyl (C=O) groups excluding carboxylic acids is 1. The van der Waals surface area contributed by atoms with Gasteiger partial charge in [-0.1, -0.05) is 0 Å². The van der Waals surface area contributed by atoms with Crippen LogP contribution in [0.5, 0.6) is 11.5 Å². The normalized spacial score (nSPS) is 14.8. The Kier molecular flexibility index (Phi) is 5.45. The van der Waals surface area contributed by atoms with Gasteiger partial charge in [-0.05, 0) is 62.6 Å². The lowest BCUT2D eigenvalue weighted by Gasteiger charge is -2.24. The van der Waals surface area contributed by atoms with E-state index in [9.17, 15) is 9.90 Å². The zero-order valence-corrected chi connectivity index (χ0v) is 16.9. The van der Waals surface area contributed by atoms with Crippen LogP contribution in [0.2, 0.25) is 0 Å². The highest BCUT2D eigenvalue weighted by molar-refractivity contribution is 6.14. The lowest BCUT2D eigenvalue weighted by Crippen LogP contribution is -3.11. The minimum absolute atomic E-state index is 0.217. The summed E-state index contributed by atoms with van der Waals surface area (Å²) in [5, 5.41) is 14.3. The first kappa shape index (κ1) is 19.3. The van der Waals surface area contributed by atoms with E-state index in [1.54, 1.807) is 50.4 Å². The van der Waals surface area contributed by atoms with Gasteiger partial charge in [-0.2, -0.15) is 0 Å². The van der Waals surface area contributed by atoms with Gasteiger partial charge >= 0.3 is 0 Å². The fourth-order valence-electron chi connectivity index (χ4n) is 4.17. The number of anilines is 1. The van der Waals surface area contributed by atoms with Crippen LogP contribution in [0.4, 0.5) is 5.69 Å². The number of hydrogen-bond donors (Lipinski definition) is 3. The molecule has 3 aromatic rings. The van der Waals surface area contributed by atoms with Gasteiger partial charge in [0, 0.05) is 11.1 Å². The number of phenols is 1. The summed E-state index contributed by atoms with van der Waals surface area (Å²) < 4.78 is 11.0. The van der Waals surface area contributed by atoms with Crippen molar-refractivity contribution >= 4 is 22.6 Å². The smallest absolute Gasteiger partial charge is 0.259 e. The number of aromatic hydroxyl groups is 1. The fourth-order valence-corrected chi connectivity index (χ4v) is 4.17. The zero-order chi connectivity index (χ0) is 20.4. The van der Waals surface area contributed by atoms with Crippen LogP contribution >= 0.6 is 0 Å². The Bertz CT molecular complexity index is 1020. The van der Waals surface area contributed by atoms with Crippen LogP contribution in [0, 0.1) is 6.92 Å². The monoisotopic (exact) mass is 395 g/mol. The molecule has 0 bridgehead atoms. The molecule has 2 heterocycles. The molecular weight excluding hydrogens is 368 g/mol. The lowest BCUT2D eigenvalue weighted by atomic mass is 10.0. The number of amides is 1. The van der Waals surface area contributed by atoms with Crippen LogP contribution in [0.3, 0.4) is 0 Å². The first-order valence-electron chi connectivity index (χ1n) is 10.1. The van der Waals surface area contributed by atoms with Crippen molar-refractivity contribution in [3.8, 4) is 11.5 Å². The Morgan fingerprint density at radius 3 is 2.55 bits per heavy atom. The largest absolute Gasteiger partial charge is 0.507 e. The third-order valence-electron chi connectivity index (χ3n) is 5.68.